The van der Waals surface area contributed by atoms with Crippen LogP contribution < -0.4 is 0 Å². The van der Waals surface area contributed by atoms with Crippen LogP contribution >= 0.6 is 0 Å². The van der Waals surface area contributed by atoms with E-state index in [0.29, 0.717) is 0 Å². The van der Waals surface area contributed by atoms with E-state index in [1.165, 1.54) is 0 Å². The molecule has 0 bridgehead atoms. The molecule has 0 spiro atoms. The predicted octanol–water partition coefficient (Wildman–Crippen LogP) is -3.61. The summed E-state index contributed by atoms with van der Waals surface area (Å²) in [5, 5.41) is 0. The van der Waals surface area contributed by atoms with E-state index in [4.69, 9.17) is 28.1 Å². The minimum absolute atomic E-state index is 0. The van der Waals surface area contributed by atoms with Gasteiger partial charge in [-0.05, 0) is 0 Å². The van der Waals surface area contributed by atoms with Crippen LogP contribution in [0.15, 0.2) is 0 Å². The Labute approximate surface area is 57.4 Å². The average Bonchev–Trinajstić information content (AvgIpc) is 1.25. The van der Waals surface area contributed by atoms with Crippen LogP contribution in [-0.4, -0.2) is 47.6 Å². The third-order valence-electron chi connectivity index (χ3n) is 0. The normalized spacial score (nSPS) is 5.33. The molecular formula is H4BeO6Si2. The molecule has 50 valence electrons. The first kappa shape index (κ1) is 15.8. The van der Waals surface area contributed by atoms with Gasteiger partial charge in [0.1, 0.15) is 0 Å². The fraction of sp³-hybridized carbons (Fsp3) is 0. The minimum Gasteiger partial charge on any atom is -0.511 e. The minimum atomic E-state index is -3.13. The zero-order valence-electron chi connectivity index (χ0n) is 4.31. The first-order valence-electron chi connectivity index (χ1n) is 1.30. The summed E-state index contributed by atoms with van der Waals surface area (Å²) in [5.41, 5.74) is 0. The van der Waals surface area contributed by atoms with Gasteiger partial charge in [0, 0.05) is 10.1 Å². The van der Waals surface area contributed by atoms with Gasteiger partial charge >= 0.3 is 18.3 Å². The van der Waals surface area contributed by atoms with Gasteiger partial charge < -0.3 is 19.2 Å². The zero-order chi connectivity index (χ0) is 7.15. The monoisotopic (exact) mass is 165 g/mol. The van der Waals surface area contributed by atoms with Gasteiger partial charge in [0.15, 0.2) is 0 Å². The Morgan fingerprint density at radius 2 is 0.778 bits per heavy atom. The summed E-state index contributed by atoms with van der Waals surface area (Å²) < 4.78 is 17.5. The van der Waals surface area contributed by atoms with Crippen LogP contribution in [0, 0.1) is 0 Å². The fourth-order valence-electron chi connectivity index (χ4n) is 0. The summed E-state index contributed by atoms with van der Waals surface area (Å²) in [6.45, 7) is 0. The molecule has 0 aliphatic rings. The molecule has 9 heteroatoms. The van der Waals surface area contributed by atoms with E-state index in [2.05, 4.69) is 0 Å². The van der Waals surface area contributed by atoms with Gasteiger partial charge in [-0.25, -0.2) is 0 Å². The third kappa shape index (κ3) is 605. The van der Waals surface area contributed by atoms with Crippen LogP contribution in [-0.2, 0) is 8.92 Å². The van der Waals surface area contributed by atoms with Crippen LogP contribution in [0.3, 0.4) is 0 Å². The van der Waals surface area contributed by atoms with Gasteiger partial charge in [-0.1, -0.05) is 0 Å². The van der Waals surface area contributed by atoms with Crippen molar-refractivity contribution in [2.24, 2.45) is 0 Å². The Hall–Kier alpha value is -0.597. The molecule has 0 heterocycles. The Kier molecular flexibility index (Phi) is 18.2. The molecule has 0 unspecified atom stereocenters. The molecule has 0 saturated heterocycles. The van der Waals surface area contributed by atoms with Crippen LogP contribution in [0.2, 0.25) is 0 Å². The molecule has 0 aromatic heterocycles. The van der Waals surface area contributed by atoms with Crippen LogP contribution in [0.25, 0.3) is 0 Å². The molecule has 0 aliphatic carbocycles. The summed E-state index contributed by atoms with van der Waals surface area (Å²) >= 11 is 0. The molecule has 0 fully saturated rings. The van der Waals surface area contributed by atoms with Crippen molar-refractivity contribution in [3.8, 4) is 0 Å². The van der Waals surface area contributed by atoms with Crippen molar-refractivity contribution in [2.75, 3.05) is 0 Å². The maximum atomic E-state index is 8.74. The summed E-state index contributed by atoms with van der Waals surface area (Å²) in [6.07, 6.45) is 0. The Morgan fingerprint density at radius 3 is 0.778 bits per heavy atom. The molecule has 0 aromatic carbocycles. The van der Waals surface area contributed by atoms with Crippen LogP contribution in [0.5, 0.6) is 0 Å². The van der Waals surface area contributed by atoms with Gasteiger partial charge in [-0.2, -0.15) is 0 Å². The van der Waals surface area contributed by atoms with Crippen molar-refractivity contribution in [1.29, 1.82) is 0 Å². The molecule has 0 amide bonds. The molecule has 9 heavy (non-hydrogen) atoms. The van der Waals surface area contributed by atoms with Crippen LogP contribution in [0.1, 0.15) is 0 Å². The number of rotatable bonds is 0. The molecule has 0 aromatic rings. The Morgan fingerprint density at radius 1 is 0.778 bits per heavy atom. The SMILES string of the molecule is O=[Si](O)O.O=[Si](O)O.[Be]. The van der Waals surface area contributed by atoms with Crippen LogP contribution in [0.4, 0.5) is 0 Å². The largest absolute Gasteiger partial charge is 0.761 e. The maximum Gasteiger partial charge on any atom is 0.761 e. The van der Waals surface area contributed by atoms with Crippen molar-refractivity contribution in [3.63, 3.8) is 0 Å². The van der Waals surface area contributed by atoms with E-state index < -0.39 is 18.3 Å². The van der Waals surface area contributed by atoms with Crippen molar-refractivity contribution in [2.45, 2.75) is 0 Å². The third-order valence-corrected chi connectivity index (χ3v) is 0. The van der Waals surface area contributed by atoms with Gasteiger partial charge in [0.2, 0.25) is 0 Å². The molecule has 4 N–H and O–H groups in total. The molecule has 0 saturated carbocycles. The van der Waals surface area contributed by atoms with E-state index in [1.54, 1.807) is 0 Å². The molecule has 0 rings (SSSR count). The zero-order valence-corrected chi connectivity index (χ0v) is 6.31. The van der Waals surface area contributed by atoms with Gasteiger partial charge in [0.25, 0.3) is 0 Å². The summed E-state index contributed by atoms with van der Waals surface area (Å²) in [6, 6.07) is 0. The smallest absolute Gasteiger partial charge is 0.511 e. The fourth-order valence-corrected chi connectivity index (χ4v) is 0. The average molecular weight is 165 g/mol. The van der Waals surface area contributed by atoms with Gasteiger partial charge in [-0.3, -0.25) is 8.92 Å². The van der Waals surface area contributed by atoms with Crippen molar-refractivity contribution in [1.82, 2.24) is 0 Å². The van der Waals surface area contributed by atoms with E-state index >= 15 is 0 Å². The van der Waals surface area contributed by atoms with Crippen molar-refractivity contribution >= 4 is 28.5 Å². The molecular weight excluding hydrogens is 161 g/mol. The molecule has 2 radical (unpaired) electrons. The quantitative estimate of drug-likeness (QED) is 0.276. The van der Waals surface area contributed by atoms with Crippen molar-refractivity contribution in [3.05, 3.63) is 0 Å². The molecule has 0 atom stereocenters. The van der Waals surface area contributed by atoms with E-state index in [0.717, 1.165) is 0 Å². The maximum absolute atomic E-state index is 8.74. The standard InChI is InChI=1S/Be.2H2O3Si/c;2*1-4(2)3/h;2*1-2H. The second kappa shape index (κ2) is 10.4. The summed E-state index contributed by atoms with van der Waals surface area (Å²) in [5.74, 6) is 0. The molecule has 6 nitrogen and oxygen atoms in total. The topological polar surface area (TPSA) is 115 Å². The first-order chi connectivity index (χ1) is 3.46. The van der Waals surface area contributed by atoms with E-state index in [9.17, 15) is 0 Å². The molecule has 0 aliphatic heterocycles. The summed E-state index contributed by atoms with van der Waals surface area (Å²) in [4.78, 5) is 28.6. The Balaban J connectivity index is -0.0000000720. The second-order valence-corrected chi connectivity index (χ2v) is 1.70. The number of hydrogen-bond donors (Lipinski definition) is 4. The summed E-state index contributed by atoms with van der Waals surface area (Å²) in [7, 11) is -6.26. The van der Waals surface area contributed by atoms with E-state index in [-0.39, 0.29) is 10.1 Å². The van der Waals surface area contributed by atoms with E-state index in [1.807, 2.05) is 0 Å². The van der Waals surface area contributed by atoms with Gasteiger partial charge in [-0.15, -0.1) is 0 Å². The Bertz CT molecular complexity index is 69.1. The van der Waals surface area contributed by atoms with Gasteiger partial charge in [0.05, 0.1) is 0 Å². The first-order valence-corrected chi connectivity index (χ1v) is 3.91. The predicted molar refractivity (Wildman–Crippen MR) is 27.5 cm³/mol. The number of hydrogen-bond acceptors (Lipinski definition) is 2. The second-order valence-electron chi connectivity index (χ2n) is 0.565. The van der Waals surface area contributed by atoms with Crippen molar-refractivity contribution < 1.29 is 28.1 Å².